The van der Waals surface area contributed by atoms with Crippen LogP contribution in [-0.2, 0) is 14.3 Å². The monoisotopic (exact) mass is 361 g/mol. The second-order valence-electron chi connectivity index (χ2n) is 6.25. The van der Waals surface area contributed by atoms with E-state index < -0.39 is 12.1 Å². The molecule has 1 atom stereocenters. The highest BCUT2D eigenvalue weighted by atomic mass is 16.5. The molecule has 1 N–H and O–H groups in total. The highest BCUT2D eigenvalue weighted by Gasteiger charge is 2.22. The SMILES string of the molecule is CCOc1ccc(/C=C/C(=O)OC(C)C(=O)NC2CCCC2)cc1OC. The largest absolute Gasteiger partial charge is 0.493 e. The summed E-state index contributed by atoms with van der Waals surface area (Å²) in [5.74, 6) is 0.423. The van der Waals surface area contributed by atoms with Crippen molar-refractivity contribution in [1.29, 1.82) is 0 Å². The van der Waals surface area contributed by atoms with E-state index in [1.807, 2.05) is 13.0 Å². The fraction of sp³-hybridized carbons (Fsp3) is 0.500. The topological polar surface area (TPSA) is 73.9 Å². The molecule has 0 bridgehead atoms. The molecular formula is C20H27NO5. The number of nitrogens with one attached hydrogen (secondary N) is 1. The summed E-state index contributed by atoms with van der Waals surface area (Å²) < 4.78 is 15.9. The molecule has 0 aromatic heterocycles. The molecule has 1 fully saturated rings. The van der Waals surface area contributed by atoms with Crippen molar-refractivity contribution < 1.29 is 23.8 Å². The molecule has 1 amide bonds. The summed E-state index contributed by atoms with van der Waals surface area (Å²) >= 11 is 0. The Kier molecular flexibility index (Phi) is 7.51. The first-order valence-corrected chi connectivity index (χ1v) is 9.03. The van der Waals surface area contributed by atoms with Gasteiger partial charge in [-0.2, -0.15) is 0 Å². The lowest BCUT2D eigenvalue weighted by Gasteiger charge is -2.16. The minimum atomic E-state index is -0.817. The fourth-order valence-electron chi connectivity index (χ4n) is 2.88. The molecule has 0 heterocycles. The van der Waals surface area contributed by atoms with E-state index in [-0.39, 0.29) is 11.9 Å². The Morgan fingerprint density at radius 1 is 1.27 bits per heavy atom. The van der Waals surface area contributed by atoms with Gasteiger partial charge in [0.05, 0.1) is 13.7 Å². The molecule has 0 spiro atoms. The molecule has 1 aromatic carbocycles. The first-order valence-electron chi connectivity index (χ1n) is 9.03. The lowest BCUT2D eigenvalue weighted by molar-refractivity contribution is -0.150. The third-order valence-electron chi connectivity index (χ3n) is 4.26. The summed E-state index contributed by atoms with van der Waals surface area (Å²) in [6, 6.07) is 5.57. The van der Waals surface area contributed by atoms with Crippen LogP contribution < -0.4 is 14.8 Å². The van der Waals surface area contributed by atoms with Crippen molar-refractivity contribution in [2.45, 2.75) is 51.7 Å². The lowest BCUT2D eigenvalue weighted by atomic mass is 10.2. The van der Waals surface area contributed by atoms with E-state index in [1.54, 1.807) is 32.2 Å². The first kappa shape index (κ1) is 19.8. The standard InChI is InChI=1S/C20H27NO5/c1-4-25-17-11-9-15(13-18(17)24-3)10-12-19(22)26-14(2)20(23)21-16-7-5-6-8-16/h9-14,16H,4-8H2,1-3H3,(H,21,23)/b12-10+. The second kappa shape index (κ2) is 9.85. The van der Waals surface area contributed by atoms with E-state index in [0.717, 1.165) is 31.2 Å². The van der Waals surface area contributed by atoms with Crippen molar-refractivity contribution >= 4 is 18.0 Å². The van der Waals surface area contributed by atoms with Gasteiger partial charge in [0.15, 0.2) is 17.6 Å². The van der Waals surface area contributed by atoms with Crippen molar-refractivity contribution in [3.63, 3.8) is 0 Å². The van der Waals surface area contributed by atoms with E-state index in [0.29, 0.717) is 18.1 Å². The molecule has 0 aliphatic heterocycles. The van der Waals surface area contributed by atoms with Gasteiger partial charge in [-0.05, 0) is 50.5 Å². The molecule has 26 heavy (non-hydrogen) atoms. The molecule has 0 radical (unpaired) electrons. The number of carbonyl (C=O) groups is 2. The van der Waals surface area contributed by atoms with Crippen LogP contribution in [0.2, 0.25) is 0 Å². The normalized spacial score (nSPS) is 15.7. The summed E-state index contributed by atoms with van der Waals surface area (Å²) in [4.78, 5) is 24.0. The van der Waals surface area contributed by atoms with Gasteiger partial charge in [0.25, 0.3) is 5.91 Å². The van der Waals surface area contributed by atoms with E-state index in [1.165, 1.54) is 6.08 Å². The lowest BCUT2D eigenvalue weighted by Crippen LogP contribution is -2.40. The molecule has 1 aliphatic rings. The van der Waals surface area contributed by atoms with Gasteiger partial charge in [0.2, 0.25) is 0 Å². The smallest absolute Gasteiger partial charge is 0.331 e. The third-order valence-corrected chi connectivity index (χ3v) is 4.26. The van der Waals surface area contributed by atoms with Crippen LogP contribution >= 0.6 is 0 Å². The predicted molar refractivity (Wildman–Crippen MR) is 99.1 cm³/mol. The molecule has 6 nitrogen and oxygen atoms in total. The van der Waals surface area contributed by atoms with Crippen LogP contribution in [0.4, 0.5) is 0 Å². The zero-order chi connectivity index (χ0) is 18.9. The zero-order valence-corrected chi connectivity index (χ0v) is 15.6. The Morgan fingerprint density at radius 2 is 2.00 bits per heavy atom. The van der Waals surface area contributed by atoms with E-state index in [2.05, 4.69) is 5.32 Å². The van der Waals surface area contributed by atoms with Gasteiger partial charge in [-0.3, -0.25) is 4.79 Å². The number of ether oxygens (including phenoxy) is 3. The van der Waals surface area contributed by atoms with Crippen molar-refractivity contribution in [2.75, 3.05) is 13.7 Å². The number of hydrogen-bond acceptors (Lipinski definition) is 5. The molecular weight excluding hydrogens is 334 g/mol. The molecule has 6 heteroatoms. The highest BCUT2D eigenvalue weighted by molar-refractivity contribution is 5.90. The van der Waals surface area contributed by atoms with Gasteiger partial charge in [-0.15, -0.1) is 0 Å². The summed E-state index contributed by atoms with van der Waals surface area (Å²) in [5.41, 5.74) is 0.769. The fourth-order valence-corrected chi connectivity index (χ4v) is 2.88. The number of methoxy groups -OCH3 is 1. The van der Waals surface area contributed by atoms with E-state index in [4.69, 9.17) is 14.2 Å². The van der Waals surface area contributed by atoms with Crippen LogP contribution in [-0.4, -0.2) is 37.7 Å². The minimum Gasteiger partial charge on any atom is -0.493 e. The average Bonchev–Trinajstić information content (AvgIpc) is 3.14. The number of rotatable bonds is 8. The van der Waals surface area contributed by atoms with Crippen LogP contribution in [0, 0.1) is 0 Å². The third kappa shape index (κ3) is 5.79. The maximum atomic E-state index is 12.0. The van der Waals surface area contributed by atoms with Crippen molar-refractivity contribution in [3.8, 4) is 11.5 Å². The summed E-state index contributed by atoms with van der Waals surface area (Å²) in [6.45, 7) is 4.02. The molecule has 0 saturated heterocycles. The van der Waals surface area contributed by atoms with Gasteiger partial charge in [-0.25, -0.2) is 4.79 Å². The zero-order valence-electron chi connectivity index (χ0n) is 15.6. The number of carbonyl (C=O) groups excluding carboxylic acids is 2. The van der Waals surface area contributed by atoms with Crippen molar-refractivity contribution in [2.24, 2.45) is 0 Å². The number of hydrogen-bond donors (Lipinski definition) is 1. The van der Waals surface area contributed by atoms with Crippen molar-refractivity contribution in [1.82, 2.24) is 5.32 Å². The van der Waals surface area contributed by atoms with Gasteiger partial charge in [-0.1, -0.05) is 18.9 Å². The minimum absolute atomic E-state index is 0.204. The van der Waals surface area contributed by atoms with Crippen LogP contribution in [0.5, 0.6) is 11.5 Å². The maximum absolute atomic E-state index is 12.0. The highest BCUT2D eigenvalue weighted by Crippen LogP contribution is 2.28. The van der Waals surface area contributed by atoms with Crippen LogP contribution in [0.25, 0.3) is 6.08 Å². The molecule has 1 saturated carbocycles. The number of esters is 1. The molecule has 1 aromatic rings. The Morgan fingerprint density at radius 3 is 2.65 bits per heavy atom. The van der Waals surface area contributed by atoms with E-state index in [9.17, 15) is 9.59 Å². The summed E-state index contributed by atoms with van der Waals surface area (Å²) in [5, 5.41) is 2.92. The van der Waals surface area contributed by atoms with Crippen LogP contribution in [0.15, 0.2) is 24.3 Å². The maximum Gasteiger partial charge on any atom is 0.331 e. The molecule has 1 unspecified atom stereocenters. The second-order valence-corrected chi connectivity index (χ2v) is 6.25. The van der Waals surface area contributed by atoms with Gasteiger partial charge >= 0.3 is 5.97 Å². The van der Waals surface area contributed by atoms with Gasteiger partial charge in [0.1, 0.15) is 0 Å². The Balaban J connectivity index is 1.88. The summed E-state index contributed by atoms with van der Waals surface area (Å²) in [6.07, 6.45) is 6.34. The first-order chi connectivity index (χ1) is 12.5. The molecule has 142 valence electrons. The van der Waals surface area contributed by atoms with Crippen LogP contribution in [0.1, 0.15) is 45.1 Å². The van der Waals surface area contributed by atoms with Gasteiger partial charge in [0, 0.05) is 12.1 Å². The Labute approximate surface area is 154 Å². The summed E-state index contributed by atoms with van der Waals surface area (Å²) in [7, 11) is 1.56. The van der Waals surface area contributed by atoms with E-state index >= 15 is 0 Å². The molecule has 1 aliphatic carbocycles. The van der Waals surface area contributed by atoms with Gasteiger partial charge < -0.3 is 19.5 Å². The predicted octanol–water partition coefficient (Wildman–Crippen LogP) is 3.10. The number of benzene rings is 1. The van der Waals surface area contributed by atoms with Crippen molar-refractivity contribution in [3.05, 3.63) is 29.8 Å². The average molecular weight is 361 g/mol. The quantitative estimate of drug-likeness (QED) is 0.569. The Bertz CT molecular complexity index is 650. The molecule has 2 rings (SSSR count). The van der Waals surface area contributed by atoms with Crippen LogP contribution in [0.3, 0.4) is 0 Å². The Hall–Kier alpha value is -2.50. The number of amides is 1.